The molecule has 5 heteroatoms. The number of thiazole rings is 1. The number of benzene rings is 1. The van der Waals surface area contributed by atoms with Crippen LogP contribution in [0.2, 0.25) is 0 Å². The number of rotatable bonds is 5. The molecule has 0 fully saturated rings. The monoisotopic (exact) mass is 268 g/mol. The summed E-state index contributed by atoms with van der Waals surface area (Å²) in [6, 6.07) is 3.95. The number of nitrogens with zero attached hydrogens (tertiary/aromatic N) is 1. The normalized spacial score (nSPS) is 12.6. The SMILES string of the molecule is CC(Cc1c(F)cccc1F)NCc1cncs1. The first-order chi connectivity index (χ1) is 8.66. The molecule has 1 unspecified atom stereocenters. The second kappa shape index (κ2) is 6.02. The molecule has 0 saturated carbocycles. The van der Waals surface area contributed by atoms with Crippen LogP contribution < -0.4 is 5.32 Å². The molecule has 0 saturated heterocycles. The van der Waals surface area contributed by atoms with Crippen molar-refractivity contribution in [1.82, 2.24) is 10.3 Å². The van der Waals surface area contributed by atoms with E-state index in [0.717, 1.165) is 4.88 Å². The summed E-state index contributed by atoms with van der Waals surface area (Å²) < 4.78 is 26.9. The van der Waals surface area contributed by atoms with Gasteiger partial charge in [-0.3, -0.25) is 4.98 Å². The first kappa shape index (κ1) is 13.1. The zero-order valence-corrected chi connectivity index (χ0v) is 10.8. The number of halogens is 2. The van der Waals surface area contributed by atoms with Crippen molar-refractivity contribution in [3.8, 4) is 0 Å². The van der Waals surface area contributed by atoms with Gasteiger partial charge in [0.2, 0.25) is 0 Å². The van der Waals surface area contributed by atoms with Crippen molar-refractivity contribution < 1.29 is 8.78 Å². The highest BCUT2D eigenvalue weighted by Gasteiger charge is 2.12. The Morgan fingerprint density at radius 3 is 2.67 bits per heavy atom. The fourth-order valence-corrected chi connectivity index (χ4v) is 2.26. The molecule has 1 aromatic heterocycles. The van der Waals surface area contributed by atoms with Gasteiger partial charge in [-0.1, -0.05) is 6.07 Å². The van der Waals surface area contributed by atoms with E-state index in [4.69, 9.17) is 0 Å². The van der Waals surface area contributed by atoms with E-state index in [1.807, 2.05) is 6.92 Å². The van der Waals surface area contributed by atoms with Crippen molar-refractivity contribution in [3.63, 3.8) is 0 Å². The van der Waals surface area contributed by atoms with Crippen LogP contribution in [-0.4, -0.2) is 11.0 Å². The molecule has 0 amide bonds. The van der Waals surface area contributed by atoms with Gasteiger partial charge in [-0.25, -0.2) is 8.78 Å². The summed E-state index contributed by atoms with van der Waals surface area (Å²) in [6.45, 7) is 2.58. The van der Waals surface area contributed by atoms with Crippen LogP contribution in [0.5, 0.6) is 0 Å². The Hall–Kier alpha value is -1.33. The van der Waals surface area contributed by atoms with Gasteiger partial charge in [-0.2, -0.15) is 0 Å². The number of hydrogen-bond donors (Lipinski definition) is 1. The summed E-state index contributed by atoms with van der Waals surface area (Å²) in [5.74, 6) is -0.970. The highest BCUT2D eigenvalue weighted by Crippen LogP contribution is 2.14. The van der Waals surface area contributed by atoms with Gasteiger partial charge in [0.25, 0.3) is 0 Å². The van der Waals surface area contributed by atoms with Gasteiger partial charge in [0.05, 0.1) is 5.51 Å². The van der Waals surface area contributed by atoms with Crippen molar-refractivity contribution in [2.45, 2.75) is 25.9 Å². The third-order valence-corrected chi connectivity index (χ3v) is 3.46. The van der Waals surface area contributed by atoms with E-state index < -0.39 is 11.6 Å². The second-order valence-electron chi connectivity index (χ2n) is 4.15. The molecule has 0 bridgehead atoms. The zero-order chi connectivity index (χ0) is 13.0. The van der Waals surface area contributed by atoms with E-state index in [0.29, 0.717) is 13.0 Å². The van der Waals surface area contributed by atoms with Crippen LogP contribution >= 0.6 is 11.3 Å². The minimum absolute atomic E-state index is 0.00139. The van der Waals surface area contributed by atoms with Gasteiger partial charge in [0.15, 0.2) is 0 Å². The molecule has 1 aromatic carbocycles. The summed E-state index contributed by atoms with van der Waals surface area (Å²) in [5.41, 5.74) is 1.90. The average molecular weight is 268 g/mol. The Kier molecular flexibility index (Phi) is 4.38. The third-order valence-electron chi connectivity index (χ3n) is 2.68. The van der Waals surface area contributed by atoms with Crippen molar-refractivity contribution in [2.24, 2.45) is 0 Å². The lowest BCUT2D eigenvalue weighted by molar-refractivity contribution is 0.500. The standard InChI is InChI=1S/C13H14F2N2S/c1-9(17-7-10-6-16-8-18-10)5-11-12(14)3-2-4-13(11)15/h2-4,6,8-9,17H,5,7H2,1H3. The summed E-state index contributed by atoms with van der Waals surface area (Å²) in [7, 11) is 0. The Bertz CT molecular complexity index is 479. The van der Waals surface area contributed by atoms with Crippen molar-refractivity contribution in [3.05, 3.63) is 52.0 Å². The maximum atomic E-state index is 13.4. The zero-order valence-electron chi connectivity index (χ0n) is 9.99. The van der Waals surface area contributed by atoms with Crippen LogP contribution in [0.25, 0.3) is 0 Å². The number of nitrogens with one attached hydrogen (secondary N) is 1. The maximum Gasteiger partial charge on any atom is 0.129 e. The molecule has 0 aliphatic heterocycles. The molecule has 0 radical (unpaired) electrons. The van der Waals surface area contributed by atoms with Crippen LogP contribution in [0.3, 0.4) is 0 Å². The van der Waals surface area contributed by atoms with Crippen LogP contribution in [0.1, 0.15) is 17.4 Å². The van der Waals surface area contributed by atoms with Crippen LogP contribution in [0.4, 0.5) is 8.78 Å². The van der Waals surface area contributed by atoms with E-state index in [-0.39, 0.29) is 11.6 Å². The molecule has 0 spiro atoms. The molecule has 0 aliphatic carbocycles. The van der Waals surface area contributed by atoms with E-state index in [9.17, 15) is 8.78 Å². The molecular formula is C13H14F2N2S. The lowest BCUT2D eigenvalue weighted by Crippen LogP contribution is -2.28. The van der Waals surface area contributed by atoms with Gasteiger partial charge >= 0.3 is 0 Å². The molecule has 1 heterocycles. The minimum Gasteiger partial charge on any atom is -0.309 e. The van der Waals surface area contributed by atoms with Crippen LogP contribution in [0.15, 0.2) is 29.9 Å². The smallest absolute Gasteiger partial charge is 0.129 e. The quantitative estimate of drug-likeness (QED) is 0.901. The molecular weight excluding hydrogens is 254 g/mol. The van der Waals surface area contributed by atoms with Gasteiger partial charge in [0, 0.05) is 29.2 Å². The molecule has 18 heavy (non-hydrogen) atoms. The van der Waals surface area contributed by atoms with Crippen LogP contribution in [-0.2, 0) is 13.0 Å². The van der Waals surface area contributed by atoms with Crippen LogP contribution in [0, 0.1) is 11.6 Å². The molecule has 0 aliphatic rings. The van der Waals surface area contributed by atoms with Crippen molar-refractivity contribution in [1.29, 1.82) is 0 Å². The summed E-state index contributed by atoms with van der Waals surface area (Å²) in [6.07, 6.45) is 2.12. The number of aromatic nitrogens is 1. The van der Waals surface area contributed by atoms with Gasteiger partial charge in [0.1, 0.15) is 11.6 Å². The maximum absolute atomic E-state index is 13.4. The van der Waals surface area contributed by atoms with Gasteiger partial charge in [-0.05, 0) is 25.5 Å². The van der Waals surface area contributed by atoms with Gasteiger partial charge < -0.3 is 5.32 Å². The van der Waals surface area contributed by atoms with Crippen molar-refractivity contribution >= 4 is 11.3 Å². The predicted octanol–water partition coefficient (Wildman–Crippen LogP) is 3.14. The molecule has 2 rings (SSSR count). The average Bonchev–Trinajstić information content (AvgIpc) is 2.84. The fourth-order valence-electron chi connectivity index (χ4n) is 1.71. The topological polar surface area (TPSA) is 24.9 Å². The summed E-state index contributed by atoms with van der Waals surface area (Å²) in [5, 5.41) is 3.23. The summed E-state index contributed by atoms with van der Waals surface area (Å²) in [4.78, 5) is 5.08. The Morgan fingerprint density at radius 1 is 1.33 bits per heavy atom. The molecule has 2 nitrogen and oxygen atoms in total. The van der Waals surface area contributed by atoms with E-state index in [1.54, 1.807) is 23.0 Å². The highest BCUT2D eigenvalue weighted by molar-refractivity contribution is 7.09. The fraction of sp³-hybridized carbons (Fsp3) is 0.308. The highest BCUT2D eigenvalue weighted by atomic mass is 32.1. The molecule has 2 aromatic rings. The van der Waals surface area contributed by atoms with Crippen molar-refractivity contribution in [2.75, 3.05) is 0 Å². The first-order valence-electron chi connectivity index (χ1n) is 5.70. The lowest BCUT2D eigenvalue weighted by Gasteiger charge is -2.14. The Balaban J connectivity index is 1.92. The van der Waals surface area contributed by atoms with E-state index >= 15 is 0 Å². The Labute approximate surface area is 109 Å². The molecule has 96 valence electrons. The largest absolute Gasteiger partial charge is 0.309 e. The molecule has 1 atom stereocenters. The number of hydrogen-bond acceptors (Lipinski definition) is 3. The second-order valence-corrected chi connectivity index (χ2v) is 5.12. The minimum atomic E-state index is -0.485. The third kappa shape index (κ3) is 3.34. The van der Waals surface area contributed by atoms with Gasteiger partial charge in [-0.15, -0.1) is 11.3 Å². The first-order valence-corrected chi connectivity index (χ1v) is 6.58. The predicted molar refractivity (Wildman–Crippen MR) is 68.5 cm³/mol. The Morgan fingerprint density at radius 2 is 2.06 bits per heavy atom. The lowest BCUT2D eigenvalue weighted by atomic mass is 10.1. The summed E-state index contributed by atoms with van der Waals surface area (Å²) >= 11 is 1.56. The molecule has 1 N–H and O–H groups in total. The van der Waals surface area contributed by atoms with E-state index in [2.05, 4.69) is 10.3 Å². The van der Waals surface area contributed by atoms with E-state index in [1.165, 1.54) is 18.2 Å².